The Morgan fingerprint density at radius 1 is 1.05 bits per heavy atom. The largest absolute Gasteiger partial charge is 0.381 e. The van der Waals surface area contributed by atoms with Gasteiger partial charge >= 0.3 is 0 Å². The number of nitrogens with one attached hydrogen (secondary N) is 2. The SMILES string of the molecule is CC(NCCc1ccc(NCc2ccccc2)cc1)C(N)=O. The van der Waals surface area contributed by atoms with Gasteiger partial charge < -0.3 is 16.4 Å². The van der Waals surface area contributed by atoms with Crippen molar-refractivity contribution in [3.05, 3.63) is 65.7 Å². The zero-order valence-electron chi connectivity index (χ0n) is 12.9. The highest BCUT2D eigenvalue weighted by atomic mass is 16.1. The van der Waals surface area contributed by atoms with E-state index in [0.717, 1.165) is 25.2 Å². The Labute approximate surface area is 131 Å². The Hall–Kier alpha value is -2.33. The summed E-state index contributed by atoms with van der Waals surface area (Å²) in [4.78, 5) is 10.9. The molecule has 0 heterocycles. The number of benzene rings is 2. The van der Waals surface area contributed by atoms with Gasteiger partial charge in [-0.15, -0.1) is 0 Å². The maximum atomic E-state index is 10.9. The number of rotatable bonds is 8. The van der Waals surface area contributed by atoms with Gasteiger partial charge in [-0.25, -0.2) is 0 Å². The zero-order valence-corrected chi connectivity index (χ0v) is 12.9. The standard InChI is InChI=1S/C18H23N3O/c1-14(18(19)22)20-12-11-15-7-9-17(10-8-15)21-13-16-5-3-2-4-6-16/h2-10,14,20-21H,11-13H2,1H3,(H2,19,22). The highest BCUT2D eigenvalue weighted by Gasteiger charge is 2.06. The average molecular weight is 297 g/mol. The number of carbonyl (C=O) groups excluding carboxylic acids is 1. The highest BCUT2D eigenvalue weighted by Crippen LogP contribution is 2.11. The third-order valence-electron chi connectivity index (χ3n) is 3.58. The van der Waals surface area contributed by atoms with E-state index in [2.05, 4.69) is 47.0 Å². The average Bonchev–Trinajstić information content (AvgIpc) is 2.55. The zero-order chi connectivity index (χ0) is 15.8. The predicted molar refractivity (Wildman–Crippen MR) is 90.6 cm³/mol. The molecule has 0 aliphatic carbocycles. The molecule has 4 nitrogen and oxygen atoms in total. The molecule has 22 heavy (non-hydrogen) atoms. The van der Waals surface area contributed by atoms with Gasteiger partial charge in [0.2, 0.25) is 5.91 Å². The van der Waals surface area contributed by atoms with Crippen LogP contribution in [0.1, 0.15) is 18.1 Å². The first-order valence-corrected chi connectivity index (χ1v) is 7.54. The summed E-state index contributed by atoms with van der Waals surface area (Å²) in [6.07, 6.45) is 0.872. The fraction of sp³-hybridized carbons (Fsp3) is 0.278. The maximum Gasteiger partial charge on any atom is 0.234 e. The van der Waals surface area contributed by atoms with E-state index in [4.69, 9.17) is 5.73 Å². The van der Waals surface area contributed by atoms with Crippen molar-refractivity contribution in [3.63, 3.8) is 0 Å². The maximum absolute atomic E-state index is 10.9. The van der Waals surface area contributed by atoms with E-state index in [9.17, 15) is 4.79 Å². The van der Waals surface area contributed by atoms with Crippen molar-refractivity contribution in [2.24, 2.45) is 5.73 Å². The van der Waals surface area contributed by atoms with Crippen LogP contribution in [0.2, 0.25) is 0 Å². The van der Waals surface area contributed by atoms with Crippen molar-refractivity contribution in [1.29, 1.82) is 0 Å². The number of hydrogen-bond donors (Lipinski definition) is 3. The van der Waals surface area contributed by atoms with E-state index < -0.39 is 0 Å². The Bertz CT molecular complexity index is 581. The van der Waals surface area contributed by atoms with E-state index in [0.29, 0.717) is 0 Å². The molecule has 2 aromatic rings. The number of nitrogens with two attached hydrogens (primary N) is 1. The summed E-state index contributed by atoms with van der Waals surface area (Å²) in [5.41, 5.74) is 8.80. The highest BCUT2D eigenvalue weighted by molar-refractivity contribution is 5.79. The van der Waals surface area contributed by atoms with Crippen LogP contribution in [0.5, 0.6) is 0 Å². The molecule has 0 saturated heterocycles. The molecule has 4 heteroatoms. The second kappa shape index (κ2) is 8.20. The van der Waals surface area contributed by atoms with E-state index >= 15 is 0 Å². The number of amides is 1. The molecule has 116 valence electrons. The molecule has 0 aliphatic heterocycles. The third-order valence-corrected chi connectivity index (χ3v) is 3.58. The quantitative estimate of drug-likeness (QED) is 0.700. The summed E-state index contributed by atoms with van der Waals surface area (Å²) >= 11 is 0. The molecule has 0 fully saturated rings. The molecular formula is C18H23N3O. The Kier molecular flexibility index (Phi) is 5.98. The van der Waals surface area contributed by atoms with Gasteiger partial charge in [-0.2, -0.15) is 0 Å². The van der Waals surface area contributed by atoms with Crippen LogP contribution in [-0.4, -0.2) is 18.5 Å². The molecule has 1 unspecified atom stereocenters. The second-order valence-electron chi connectivity index (χ2n) is 5.36. The van der Waals surface area contributed by atoms with Crippen molar-refractivity contribution < 1.29 is 4.79 Å². The van der Waals surface area contributed by atoms with Gasteiger partial charge in [0.05, 0.1) is 6.04 Å². The summed E-state index contributed by atoms with van der Waals surface area (Å²) in [6, 6.07) is 18.4. The van der Waals surface area contributed by atoms with Gasteiger partial charge in [0.1, 0.15) is 0 Å². The lowest BCUT2D eigenvalue weighted by atomic mass is 10.1. The van der Waals surface area contributed by atoms with Crippen LogP contribution < -0.4 is 16.4 Å². The summed E-state index contributed by atoms with van der Waals surface area (Å²) in [5, 5.41) is 6.50. The molecule has 0 aliphatic rings. The van der Waals surface area contributed by atoms with Gasteiger partial charge in [-0.3, -0.25) is 4.79 Å². The van der Waals surface area contributed by atoms with Crippen LogP contribution in [-0.2, 0) is 17.8 Å². The van der Waals surface area contributed by atoms with Crippen molar-refractivity contribution in [2.45, 2.75) is 25.9 Å². The molecule has 2 rings (SSSR count). The minimum absolute atomic E-state index is 0.285. The van der Waals surface area contributed by atoms with Crippen LogP contribution in [0.3, 0.4) is 0 Å². The summed E-state index contributed by atoms with van der Waals surface area (Å²) < 4.78 is 0. The number of hydrogen-bond acceptors (Lipinski definition) is 3. The van der Waals surface area contributed by atoms with Gasteiger partial charge in [0.25, 0.3) is 0 Å². The van der Waals surface area contributed by atoms with Crippen molar-refractivity contribution in [1.82, 2.24) is 5.32 Å². The van der Waals surface area contributed by atoms with E-state index in [-0.39, 0.29) is 11.9 Å². The predicted octanol–water partition coefficient (Wildman–Crippen LogP) is 2.30. The van der Waals surface area contributed by atoms with Crippen LogP contribution in [0.15, 0.2) is 54.6 Å². The molecule has 0 bridgehead atoms. The number of carbonyl (C=O) groups is 1. The summed E-state index contributed by atoms with van der Waals surface area (Å²) in [7, 11) is 0. The molecule has 0 saturated carbocycles. The first-order valence-electron chi connectivity index (χ1n) is 7.54. The smallest absolute Gasteiger partial charge is 0.234 e. The van der Waals surface area contributed by atoms with E-state index in [1.807, 2.05) is 18.2 Å². The Morgan fingerprint density at radius 3 is 2.36 bits per heavy atom. The lowest BCUT2D eigenvalue weighted by Crippen LogP contribution is -2.39. The normalized spacial score (nSPS) is 11.9. The van der Waals surface area contributed by atoms with Crippen LogP contribution in [0.4, 0.5) is 5.69 Å². The molecule has 0 spiro atoms. The lowest BCUT2D eigenvalue weighted by molar-refractivity contribution is -0.119. The molecule has 1 atom stereocenters. The Morgan fingerprint density at radius 2 is 1.73 bits per heavy atom. The monoisotopic (exact) mass is 297 g/mol. The van der Waals surface area contributed by atoms with Crippen LogP contribution >= 0.6 is 0 Å². The van der Waals surface area contributed by atoms with Crippen molar-refractivity contribution in [3.8, 4) is 0 Å². The van der Waals surface area contributed by atoms with Crippen molar-refractivity contribution >= 4 is 11.6 Å². The third kappa shape index (κ3) is 5.22. The van der Waals surface area contributed by atoms with Crippen LogP contribution in [0, 0.1) is 0 Å². The molecule has 0 radical (unpaired) electrons. The lowest BCUT2D eigenvalue weighted by Gasteiger charge is -2.10. The van der Waals surface area contributed by atoms with Gasteiger partial charge in [-0.1, -0.05) is 42.5 Å². The van der Waals surface area contributed by atoms with Gasteiger partial charge in [-0.05, 0) is 43.1 Å². The minimum Gasteiger partial charge on any atom is -0.381 e. The fourth-order valence-corrected chi connectivity index (χ4v) is 2.12. The number of primary amides is 1. The molecule has 2 aromatic carbocycles. The Balaban J connectivity index is 1.76. The second-order valence-corrected chi connectivity index (χ2v) is 5.36. The minimum atomic E-state index is -0.319. The van der Waals surface area contributed by atoms with E-state index in [1.54, 1.807) is 6.92 Å². The van der Waals surface area contributed by atoms with Gasteiger partial charge in [0, 0.05) is 12.2 Å². The topological polar surface area (TPSA) is 67.2 Å². The molecule has 0 aromatic heterocycles. The van der Waals surface area contributed by atoms with Gasteiger partial charge in [0.15, 0.2) is 0 Å². The summed E-state index contributed by atoms with van der Waals surface area (Å²) in [5.74, 6) is -0.319. The fourth-order valence-electron chi connectivity index (χ4n) is 2.12. The van der Waals surface area contributed by atoms with Crippen molar-refractivity contribution in [2.75, 3.05) is 11.9 Å². The van der Waals surface area contributed by atoms with Crippen LogP contribution in [0.25, 0.3) is 0 Å². The first kappa shape index (κ1) is 16.0. The number of anilines is 1. The summed E-state index contributed by atoms with van der Waals surface area (Å²) in [6.45, 7) is 3.33. The molecule has 4 N–H and O–H groups in total. The molecule has 1 amide bonds. The first-order chi connectivity index (χ1) is 10.6. The molecular weight excluding hydrogens is 274 g/mol. The van der Waals surface area contributed by atoms with E-state index in [1.165, 1.54) is 11.1 Å².